The van der Waals surface area contributed by atoms with Gasteiger partial charge >= 0.3 is 0 Å². The smallest absolute Gasteiger partial charge is 0.224 e. The number of Topliss-reactive ketones (excluding diaryl/α,β-unsaturated/α-hetero) is 5. The molecular weight excluding hydrogens is 1150 g/mol. The molecular formula is C71H107N9O11. The van der Waals surface area contributed by atoms with Crippen molar-refractivity contribution in [2.45, 2.75) is 194 Å². The monoisotopic (exact) mass is 1260 g/mol. The first-order valence-electron chi connectivity index (χ1n) is 33.2. The van der Waals surface area contributed by atoms with Gasteiger partial charge in [0.1, 0.15) is 5.78 Å². The number of primary amides is 1. The summed E-state index contributed by atoms with van der Waals surface area (Å²) in [5.41, 5.74) is 33.3. The summed E-state index contributed by atoms with van der Waals surface area (Å²) in [4.78, 5) is 141. The maximum absolute atomic E-state index is 14.9. The van der Waals surface area contributed by atoms with Crippen LogP contribution in [0, 0.1) is 53.3 Å². The van der Waals surface area contributed by atoms with E-state index in [1.807, 2.05) is 102 Å². The van der Waals surface area contributed by atoms with Crippen LogP contribution in [0.2, 0.25) is 0 Å². The van der Waals surface area contributed by atoms with Crippen molar-refractivity contribution in [3.63, 3.8) is 0 Å². The molecule has 20 heteroatoms. The van der Waals surface area contributed by atoms with Gasteiger partial charge in [-0.25, -0.2) is 0 Å². The molecule has 3 aromatic rings. The number of nitrogens with one attached hydrogen (secondary N) is 4. The Morgan fingerprint density at radius 1 is 0.484 bits per heavy atom. The molecule has 0 heterocycles. The minimum Gasteiger partial charge on any atom is -0.396 e. The van der Waals surface area contributed by atoms with E-state index in [1.165, 1.54) is 6.42 Å². The first kappa shape index (κ1) is 76.6. The molecule has 4 rings (SSSR count). The van der Waals surface area contributed by atoms with Crippen molar-refractivity contribution in [1.82, 2.24) is 21.3 Å². The highest BCUT2D eigenvalue weighted by Crippen LogP contribution is 2.29. The normalized spacial score (nSPS) is 16.4. The summed E-state index contributed by atoms with van der Waals surface area (Å²) in [5, 5.41) is 21.4. The van der Waals surface area contributed by atoms with Crippen molar-refractivity contribution in [2.75, 3.05) is 26.2 Å². The molecule has 20 nitrogen and oxygen atoms in total. The molecule has 0 spiro atoms. The van der Waals surface area contributed by atoms with Gasteiger partial charge in [-0.05, 0) is 117 Å². The largest absolute Gasteiger partial charge is 0.396 e. The second kappa shape index (κ2) is 40.2. The van der Waals surface area contributed by atoms with Gasteiger partial charge in [0.15, 0.2) is 23.1 Å². The third-order valence-corrected chi connectivity index (χ3v) is 17.8. The average molecular weight is 1260 g/mol. The number of ketones is 5. The lowest BCUT2D eigenvalue weighted by Crippen LogP contribution is -2.51. The lowest BCUT2D eigenvalue weighted by atomic mass is 9.83. The lowest BCUT2D eigenvalue weighted by Gasteiger charge is -2.29. The Kier molecular flexibility index (Phi) is 33.8. The molecule has 1 aliphatic rings. The Bertz CT molecular complexity index is 2790. The summed E-state index contributed by atoms with van der Waals surface area (Å²) in [5.74, 6) is -10.7. The third kappa shape index (κ3) is 26.4. The summed E-state index contributed by atoms with van der Waals surface area (Å²) >= 11 is 0. The molecule has 2 unspecified atom stereocenters. The van der Waals surface area contributed by atoms with E-state index in [4.69, 9.17) is 28.7 Å². The van der Waals surface area contributed by atoms with Crippen LogP contribution in [-0.2, 0) is 60.8 Å². The summed E-state index contributed by atoms with van der Waals surface area (Å²) < 4.78 is 0. The highest BCUT2D eigenvalue weighted by Gasteiger charge is 2.38. The zero-order valence-corrected chi connectivity index (χ0v) is 54.8. The van der Waals surface area contributed by atoms with E-state index >= 15 is 0 Å². The van der Waals surface area contributed by atoms with E-state index in [0.29, 0.717) is 29.9 Å². The Balaban J connectivity index is 1.59. The highest BCUT2D eigenvalue weighted by molar-refractivity contribution is 5.98. The Morgan fingerprint density at radius 2 is 0.934 bits per heavy atom. The van der Waals surface area contributed by atoms with Gasteiger partial charge in [-0.3, -0.25) is 47.9 Å². The minimum absolute atomic E-state index is 0.0138. The molecule has 0 aliphatic heterocycles. The zero-order valence-electron chi connectivity index (χ0n) is 54.8. The predicted molar refractivity (Wildman–Crippen MR) is 354 cm³/mol. The highest BCUT2D eigenvalue weighted by atomic mass is 16.3. The number of aliphatic hydroxyl groups excluding tert-OH is 1. The summed E-state index contributed by atoms with van der Waals surface area (Å²) in [6.45, 7) is 10.6. The van der Waals surface area contributed by atoms with E-state index in [0.717, 1.165) is 36.8 Å². The maximum Gasteiger partial charge on any atom is 0.224 e. The predicted octanol–water partition coefficient (Wildman–Crippen LogP) is 5.92. The second-order valence-corrected chi connectivity index (χ2v) is 26.3. The van der Waals surface area contributed by atoms with Gasteiger partial charge in [0.25, 0.3) is 0 Å². The van der Waals surface area contributed by atoms with E-state index < -0.39 is 125 Å². The van der Waals surface area contributed by atoms with Crippen LogP contribution < -0.4 is 49.9 Å². The van der Waals surface area contributed by atoms with Crippen LogP contribution in [-0.4, -0.2) is 120 Å². The van der Waals surface area contributed by atoms with Crippen molar-refractivity contribution in [3.05, 3.63) is 96.1 Å². The molecule has 0 saturated heterocycles. The fraction of sp³-hybridized carbons (Fsp3) is 0.606. The molecule has 1 fully saturated rings. The molecule has 0 aromatic heterocycles. The molecule has 11 atom stereocenters. The fourth-order valence-corrected chi connectivity index (χ4v) is 12.2. The van der Waals surface area contributed by atoms with E-state index in [1.54, 1.807) is 24.3 Å². The number of rotatable bonds is 44. The van der Waals surface area contributed by atoms with Gasteiger partial charge < -0.3 is 55.0 Å². The van der Waals surface area contributed by atoms with Crippen LogP contribution >= 0.6 is 0 Å². The molecule has 3 aromatic carbocycles. The molecule has 502 valence electrons. The van der Waals surface area contributed by atoms with E-state index in [9.17, 15) is 53.1 Å². The van der Waals surface area contributed by atoms with Crippen LogP contribution in [0.15, 0.2) is 84.9 Å². The summed E-state index contributed by atoms with van der Waals surface area (Å²) in [7, 11) is 0. The Morgan fingerprint density at radius 3 is 1.48 bits per heavy atom. The first-order valence-corrected chi connectivity index (χ1v) is 33.2. The van der Waals surface area contributed by atoms with Crippen molar-refractivity contribution in [2.24, 2.45) is 81.9 Å². The topological polar surface area (TPSA) is 369 Å². The van der Waals surface area contributed by atoms with Crippen molar-refractivity contribution in [3.8, 4) is 11.1 Å². The lowest BCUT2D eigenvalue weighted by molar-refractivity contribution is -0.136. The van der Waals surface area contributed by atoms with E-state index in [2.05, 4.69) is 21.3 Å². The molecule has 1 saturated carbocycles. The molecule has 0 bridgehead atoms. The zero-order chi connectivity index (χ0) is 67.2. The number of hydrogen-bond donors (Lipinski definition) is 10. The standard InChI is InChI=1S/C71H107N9O11/c1-7-46(6)66(80-69(89)52(27-30-72)38-61(82)57(75)36-47-17-11-8-12-18-47)65(86)39-53(28-31-73)68(88)79-60(37-48-19-13-9-14-20-48)63(84)40-54(33-44(2)3)70(90)77-58(29-32-74)62(83)41-55(35-49-23-25-51(26-24-49)50-21-15-10-16-22-50)71(91)78-59(34-45(4)5)64(85)42-56(43-81)67(76)87/h9-10,13-16,19-26,44-47,52-60,66,81H,7-8,11-12,17-18,27-43,72-75H2,1-6H3,(H2,76,87)(H,77,90)(H,78,91)(H,79,88)(H,80,89)/t46?,52-,53-,54-,55+,56+,57?,58+,59+,60-,66+/m1/s1. The van der Waals surface area contributed by atoms with Gasteiger partial charge in [0.05, 0.1) is 42.7 Å². The maximum atomic E-state index is 14.9. The first-order chi connectivity index (χ1) is 43.4. The number of hydrogen-bond acceptors (Lipinski definition) is 15. The Labute approximate surface area is 539 Å². The van der Waals surface area contributed by atoms with Crippen LogP contribution in [0.25, 0.3) is 11.1 Å². The van der Waals surface area contributed by atoms with Crippen LogP contribution in [0.3, 0.4) is 0 Å². The number of amides is 5. The average Bonchev–Trinajstić information content (AvgIpc) is 2.25. The van der Waals surface area contributed by atoms with Crippen molar-refractivity contribution in [1.29, 1.82) is 0 Å². The molecule has 1 aliphatic carbocycles. The summed E-state index contributed by atoms with van der Waals surface area (Å²) in [6, 6.07) is 21.0. The van der Waals surface area contributed by atoms with Crippen LogP contribution in [0.5, 0.6) is 0 Å². The van der Waals surface area contributed by atoms with Gasteiger partial charge in [0, 0.05) is 55.8 Å². The van der Waals surface area contributed by atoms with Crippen LogP contribution in [0.1, 0.15) is 162 Å². The SMILES string of the molecule is CCC(C)[C@H](NC(=O)[C@H](CCN)CC(=O)C(N)CC1CCCCC1)C(=O)C[C@@H](CCN)C(=O)N[C@H](Cc1ccccc1)C(=O)C[C@@H](CC(C)C)C(=O)N[C@@H](CCN)C(=O)C[C@H](Cc1ccc(-c2ccccc2)cc1)C(=O)N[C@@H](CC(C)C)C(=O)C[C@@H](CO)C(N)=O. The van der Waals surface area contributed by atoms with Crippen LogP contribution in [0.4, 0.5) is 0 Å². The van der Waals surface area contributed by atoms with Gasteiger partial charge in [-0.15, -0.1) is 0 Å². The van der Waals surface area contributed by atoms with Crippen molar-refractivity contribution < 1.29 is 53.1 Å². The van der Waals surface area contributed by atoms with Gasteiger partial charge in [-0.2, -0.15) is 0 Å². The van der Waals surface area contributed by atoms with Gasteiger partial charge in [-0.1, -0.05) is 165 Å². The van der Waals surface area contributed by atoms with E-state index in [-0.39, 0.29) is 114 Å². The fourth-order valence-electron chi connectivity index (χ4n) is 12.2. The number of aliphatic hydroxyl groups is 1. The molecule has 91 heavy (non-hydrogen) atoms. The molecule has 0 radical (unpaired) electrons. The quantitative estimate of drug-likeness (QED) is 0.0314. The number of carbonyl (C=O) groups excluding carboxylic acids is 10. The Hall–Kier alpha value is -6.84. The molecule has 5 amide bonds. The number of nitrogens with two attached hydrogens (primary N) is 5. The third-order valence-electron chi connectivity index (χ3n) is 17.8. The minimum atomic E-state index is -1.20. The van der Waals surface area contributed by atoms with Gasteiger partial charge in [0.2, 0.25) is 29.5 Å². The molecule has 15 N–H and O–H groups in total. The number of carbonyl (C=O) groups is 10. The number of benzene rings is 3. The van der Waals surface area contributed by atoms with Crippen molar-refractivity contribution >= 4 is 58.5 Å². The second-order valence-electron chi connectivity index (χ2n) is 26.3. The summed E-state index contributed by atoms with van der Waals surface area (Å²) in [6.07, 6.45) is 5.61.